The third-order valence-corrected chi connectivity index (χ3v) is 9.38. The lowest BCUT2D eigenvalue weighted by molar-refractivity contribution is 1.15. The molecule has 0 aliphatic rings. The van der Waals surface area contributed by atoms with Crippen LogP contribution in [0, 0.1) is 0 Å². The van der Waals surface area contributed by atoms with Gasteiger partial charge in [-0.25, -0.2) is 0 Å². The summed E-state index contributed by atoms with van der Waals surface area (Å²) in [7, 11) is 0. The second-order valence-electron chi connectivity index (χ2n) is 12.2. The molecule has 226 valence electrons. The van der Waals surface area contributed by atoms with Crippen LogP contribution in [-0.2, 0) is 0 Å². The van der Waals surface area contributed by atoms with Crippen molar-refractivity contribution in [3.8, 4) is 27.9 Å². The number of para-hydroxylation sites is 5. The number of aromatic nitrogens is 1. The Morgan fingerprint density at radius 2 is 0.854 bits per heavy atom. The molecule has 0 bridgehead atoms. The van der Waals surface area contributed by atoms with Gasteiger partial charge in [-0.05, 0) is 81.6 Å². The molecule has 0 saturated heterocycles. The first kappa shape index (κ1) is 27.9. The Bertz CT molecular complexity index is 2490. The van der Waals surface area contributed by atoms with E-state index in [0.717, 1.165) is 22.7 Å². The van der Waals surface area contributed by atoms with Crippen molar-refractivity contribution in [1.82, 2.24) is 4.57 Å². The van der Waals surface area contributed by atoms with E-state index in [4.69, 9.17) is 0 Å². The molecule has 0 amide bonds. The number of hydrogen-bond donors (Lipinski definition) is 0. The molecule has 1 aromatic heterocycles. The third kappa shape index (κ3) is 4.66. The van der Waals surface area contributed by atoms with Crippen molar-refractivity contribution in [1.29, 1.82) is 0 Å². The maximum Gasteiger partial charge on any atom is 0.0702 e. The first-order valence-corrected chi connectivity index (χ1v) is 16.5. The van der Waals surface area contributed by atoms with Gasteiger partial charge in [-0.2, -0.15) is 0 Å². The highest BCUT2D eigenvalue weighted by molar-refractivity contribution is 6.10. The SMILES string of the molecule is c1ccc(-c2cccc3cccc(-c4ccc(N(c5ccccc5)c5ccccc5-n5c6ccccc6c6ccccc65)cc4)c23)cc1. The zero-order valence-corrected chi connectivity index (χ0v) is 26.4. The van der Waals surface area contributed by atoms with Crippen molar-refractivity contribution in [2.24, 2.45) is 0 Å². The van der Waals surface area contributed by atoms with Crippen molar-refractivity contribution < 1.29 is 0 Å². The van der Waals surface area contributed by atoms with E-state index in [1.54, 1.807) is 0 Å². The van der Waals surface area contributed by atoms with Crippen LogP contribution in [0.3, 0.4) is 0 Å². The molecule has 0 fully saturated rings. The molecule has 0 saturated carbocycles. The average Bonchev–Trinajstić information content (AvgIpc) is 3.50. The topological polar surface area (TPSA) is 8.17 Å². The van der Waals surface area contributed by atoms with E-state index in [1.165, 1.54) is 54.8 Å². The van der Waals surface area contributed by atoms with Gasteiger partial charge in [-0.1, -0.05) is 146 Å². The van der Waals surface area contributed by atoms with Crippen LogP contribution in [0.25, 0.3) is 60.5 Å². The molecule has 0 unspecified atom stereocenters. The van der Waals surface area contributed by atoms with E-state index in [2.05, 4.69) is 204 Å². The molecule has 9 rings (SSSR count). The van der Waals surface area contributed by atoms with Crippen LogP contribution in [0.1, 0.15) is 0 Å². The van der Waals surface area contributed by atoms with E-state index in [0.29, 0.717) is 0 Å². The molecule has 0 aliphatic heterocycles. The third-order valence-electron chi connectivity index (χ3n) is 9.38. The Morgan fingerprint density at radius 1 is 0.354 bits per heavy atom. The van der Waals surface area contributed by atoms with Gasteiger partial charge in [-0.3, -0.25) is 0 Å². The zero-order chi connectivity index (χ0) is 31.9. The number of rotatable bonds is 6. The van der Waals surface area contributed by atoms with Crippen LogP contribution in [0.15, 0.2) is 194 Å². The number of nitrogens with zero attached hydrogens (tertiary/aromatic N) is 2. The molecule has 2 nitrogen and oxygen atoms in total. The lowest BCUT2D eigenvalue weighted by Gasteiger charge is -2.28. The van der Waals surface area contributed by atoms with Crippen molar-refractivity contribution in [2.45, 2.75) is 0 Å². The predicted molar refractivity (Wildman–Crippen MR) is 204 cm³/mol. The highest BCUT2D eigenvalue weighted by Crippen LogP contribution is 2.43. The number of anilines is 3. The van der Waals surface area contributed by atoms with Crippen LogP contribution in [-0.4, -0.2) is 4.57 Å². The predicted octanol–water partition coefficient (Wildman–Crippen LogP) is 12.7. The van der Waals surface area contributed by atoms with E-state index in [-0.39, 0.29) is 0 Å². The summed E-state index contributed by atoms with van der Waals surface area (Å²) in [6.07, 6.45) is 0. The molecule has 2 heteroatoms. The van der Waals surface area contributed by atoms with Gasteiger partial charge in [0.15, 0.2) is 0 Å². The summed E-state index contributed by atoms with van der Waals surface area (Å²) in [4.78, 5) is 2.38. The van der Waals surface area contributed by atoms with Crippen LogP contribution < -0.4 is 4.90 Å². The quantitative estimate of drug-likeness (QED) is 0.181. The van der Waals surface area contributed by atoms with Crippen LogP contribution >= 0.6 is 0 Å². The van der Waals surface area contributed by atoms with Gasteiger partial charge in [0.2, 0.25) is 0 Å². The zero-order valence-electron chi connectivity index (χ0n) is 26.4. The summed E-state index contributed by atoms with van der Waals surface area (Å²) < 4.78 is 2.41. The molecule has 0 atom stereocenters. The Kier molecular flexibility index (Phi) is 6.84. The summed E-state index contributed by atoms with van der Waals surface area (Å²) >= 11 is 0. The van der Waals surface area contributed by atoms with Gasteiger partial charge < -0.3 is 9.47 Å². The molecule has 0 N–H and O–H groups in total. The highest BCUT2D eigenvalue weighted by Gasteiger charge is 2.20. The van der Waals surface area contributed by atoms with Gasteiger partial charge in [0, 0.05) is 22.1 Å². The summed E-state index contributed by atoms with van der Waals surface area (Å²) in [5.41, 5.74) is 11.7. The highest BCUT2D eigenvalue weighted by atomic mass is 15.2. The minimum Gasteiger partial charge on any atom is -0.308 e. The minimum atomic E-state index is 1.10. The van der Waals surface area contributed by atoms with Gasteiger partial charge >= 0.3 is 0 Å². The normalized spacial score (nSPS) is 11.3. The van der Waals surface area contributed by atoms with Gasteiger partial charge in [0.25, 0.3) is 0 Å². The smallest absolute Gasteiger partial charge is 0.0702 e. The molecule has 0 radical (unpaired) electrons. The maximum absolute atomic E-state index is 2.41. The van der Waals surface area contributed by atoms with Gasteiger partial charge in [0.1, 0.15) is 0 Å². The first-order valence-electron chi connectivity index (χ1n) is 16.5. The monoisotopic (exact) mass is 612 g/mol. The fraction of sp³-hybridized carbons (Fsp3) is 0. The van der Waals surface area contributed by atoms with E-state index in [9.17, 15) is 0 Å². The van der Waals surface area contributed by atoms with Crippen LogP contribution in [0.2, 0.25) is 0 Å². The van der Waals surface area contributed by atoms with Crippen LogP contribution in [0.4, 0.5) is 17.1 Å². The fourth-order valence-electron chi connectivity index (χ4n) is 7.26. The summed E-state index contributed by atoms with van der Waals surface area (Å²) in [6, 6.07) is 69.8. The lowest BCUT2D eigenvalue weighted by atomic mass is 9.91. The standard InChI is InChI=1S/C46H32N2/c1-3-15-33(16-4-1)38-23-13-17-35-18-14-24-39(46(35)38)34-29-31-37(32-30-34)47(36-19-5-2-6-20-36)44-27-11-12-28-45(44)48-42-25-9-7-21-40(42)41-22-8-10-26-43(41)48/h1-32H. The van der Waals surface area contributed by atoms with Crippen LogP contribution in [0.5, 0.6) is 0 Å². The van der Waals surface area contributed by atoms with Gasteiger partial charge in [-0.15, -0.1) is 0 Å². The second-order valence-corrected chi connectivity index (χ2v) is 12.2. The van der Waals surface area contributed by atoms with E-state index >= 15 is 0 Å². The molecular weight excluding hydrogens is 581 g/mol. The second kappa shape index (κ2) is 11.8. The maximum atomic E-state index is 2.41. The number of benzene rings is 8. The Morgan fingerprint density at radius 3 is 1.50 bits per heavy atom. The Hall–Kier alpha value is -6.38. The molecule has 0 spiro atoms. The summed E-state index contributed by atoms with van der Waals surface area (Å²) in [6.45, 7) is 0. The summed E-state index contributed by atoms with van der Waals surface area (Å²) in [5.74, 6) is 0. The summed E-state index contributed by atoms with van der Waals surface area (Å²) in [5, 5.41) is 5.02. The Labute approximate surface area is 280 Å². The molecule has 8 aromatic carbocycles. The Balaban J connectivity index is 1.22. The van der Waals surface area contributed by atoms with Crippen molar-refractivity contribution in [3.63, 3.8) is 0 Å². The molecule has 48 heavy (non-hydrogen) atoms. The number of hydrogen-bond acceptors (Lipinski definition) is 1. The van der Waals surface area contributed by atoms with E-state index < -0.39 is 0 Å². The molecule has 9 aromatic rings. The van der Waals surface area contributed by atoms with Crippen molar-refractivity contribution >= 4 is 49.6 Å². The van der Waals surface area contributed by atoms with E-state index in [1.807, 2.05) is 0 Å². The molecule has 0 aliphatic carbocycles. The number of fused-ring (bicyclic) bond motifs is 4. The largest absolute Gasteiger partial charge is 0.308 e. The molecular formula is C46H32N2. The lowest BCUT2D eigenvalue weighted by Crippen LogP contribution is -2.13. The first-order chi connectivity index (χ1) is 23.8. The molecule has 1 heterocycles. The van der Waals surface area contributed by atoms with Gasteiger partial charge in [0.05, 0.1) is 22.4 Å². The van der Waals surface area contributed by atoms with Crippen molar-refractivity contribution in [2.75, 3.05) is 4.90 Å². The average molecular weight is 613 g/mol. The fourth-order valence-corrected chi connectivity index (χ4v) is 7.26. The van der Waals surface area contributed by atoms with Crippen molar-refractivity contribution in [3.05, 3.63) is 194 Å². The minimum absolute atomic E-state index is 1.10.